The lowest BCUT2D eigenvalue weighted by molar-refractivity contribution is 0.0955. The molecule has 1 amide bonds. The molecule has 0 bridgehead atoms. The summed E-state index contributed by atoms with van der Waals surface area (Å²) >= 11 is 6.13. The van der Waals surface area contributed by atoms with Gasteiger partial charge in [0.05, 0.1) is 12.8 Å². The van der Waals surface area contributed by atoms with Crippen molar-refractivity contribution in [3.63, 3.8) is 0 Å². The predicted octanol–water partition coefficient (Wildman–Crippen LogP) is 5.08. The molecular formula is C23H21ClN2O3. The van der Waals surface area contributed by atoms with Crippen LogP contribution >= 0.6 is 11.6 Å². The van der Waals surface area contributed by atoms with Gasteiger partial charge in [-0.05, 0) is 67.1 Å². The smallest absolute Gasteiger partial charge is 0.271 e. The molecule has 0 unspecified atom stereocenters. The van der Waals surface area contributed by atoms with Crippen molar-refractivity contribution >= 4 is 23.7 Å². The summed E-state index contributed by atoms with van der Waals surface area (Å²) in [4.78, 5) is 12.1. The minimum absolute atomic E-state index is 0.288. The first-order chi connectivity index (χ1) is 14.2. The SMILES string of the molecule is CCOc1ccc(C(=O)N/N=C\c2ccc(OCc3ccccc3Cl)cc2)cc1. The van der Waals surface area contributed by atoms with Gasteiger partial charge in [0.2, 0.25) is 0 Å². The van der Waals surface area contributed by atoms with Crippen molar-refractivity contribution in [3.05, 3.63) is 94.5 Å². The Morgan fingerprint density at radius 1 is 0.966 bits per heavy atom. The Labute approximate surface area is 174 Å². The first-order valence-electron chi connectivity index (χ1n) is 9.18. The van der Waals surface area contributed by atoms with Crippen molar-refractivity contribution in [2.45, 2.75) is 13.5 Å². The maximum atomic E-state index is 12.1. The minimum Gasteiger partial charge on any atom is -0.494 e. The number of ether oxygens (including phenoxy) is 2. The number of carbonyl (C=O) groups is 1. The molecule has 0 saturated heterocycles. The van der Waals surface area contributed by atoms with Crippen LogP contribution in [0.3, 0.4) is 0 Å². The van der Waals surface area contributed by atoms with Crippen molar-refractivity contribution in [1.29, 1.82) is 0 Å². The zero-order valence-corrected chi connectivity index (χ0v) is 16.7. The third-order valence-electron chi connectivity index (χ3n) is 4.04. The average Bonchev–Trinajstić information content (AvgIpc) is 2.75. The number of rotatable bonds is 8. The number of nitrogens with one attached hydrogen (secondary N) is 1. The number of halogens is 1. The molecule has 3 aromatic carbocycles. The summed E-state index contributed by atoms with van der Waals surface area (Å²) in [6, 6.07) is 21.9. The van der Waals surface area contributed by atoms with E-state index in [0.29, 0.717) is 23.8 Å². The van der Waals surface area contributed by atoms with Gasteiger partial charge in [0.1, 0.15) is 18.1 Å². The highest BCUT2D eigenvalue weighted by atomic mass is 35.5. The molecule has 0 radical (unpaired) electrons. The summed E-state index contributed by atoms with van der Waals surface area (Å²) in [7, 11) is 0. The Hall–Kier alpha value is -3.31. The number of carbonyl (C=O) groups excluding carboxylic acids is 1. The van der Waals surface area contributed by atoms with E-state index in [0.717, 1.165) is 22.6 Å². The van der Waals surface area contributed by atoms with E-state index in [9.17, 15) is 4.79 Å². The Bertz CT molecular complexity index is 970. The van der Waals surface area contributed by atoms with Gasteiger partial charge in [-0.2, -0.15) is 5.10 Å². The molecular weight excluding hydrogens is 388 g/mol. The maximum Gasteiger partial charge on any atom is 0.271 e. The van der Waals surface area contributed by atoms with E-state index in [1.54, 1.807) is 30.5 Å². The quantitative estimate of drug-likeness (QED) is 0.417. The highest BCUT2D eigenvalue weighted by molar-refractivity contribution is 6.31. The summed E-state index contributed by atoms with van der Waals surface area (Å²) in [6.07, 6.45) is 1.57. The molecule has 148 valence electrons. The van der Waals surface area contributed by atoms with E-state index in [1.807, 2.05) is 55.5 Å². The van der Waals surface area contributed by atoms with Crippen LogP contribution in [0, 0.1) is 0 Å². The lowest BCUT2D eigenvalue weighted by Crippen LogP contribution is -2.17. The molecule has 1 N–H and O–H groups in total. The van der Waals surface area contributed by atoms with Gasteiger partial charge in [0.25, 0.3) is 5.91 Å². The third kappa shape index (κ3) is 6.09. The zero-order valence-electron chi connectivity index (χ0n) is 16.0. The topological polar surface area (TPSA) is 59.9 Å². The van der Waals surface area contributed by atoms with Crippen LogP contribution in [0.15, 0.2) is 77.9 Å². The lowest BCUT2D eigenvalue weighted by atomic mass is 10.2. The molecule has 5 nitrogen and oxygen atoms in total. The fraction of sp³-hybridized carbons (Fsp3) is 0.130. The van der Waals surface area contributed by atoms with E-state index >= 15 is 0 Å². The Balaban J connectivity index is 1.50. The number of nitrogens with zero attached hydrogens (tertiary/aromatic N) is 1. The van der Waals surface area contributed by atoms with Crippen LogP contribution in [0.5, 0.6) is 11.5 Å². The Kier molecular flexibility index (Phi) is 7.25. The van der Waals surface area contributed by atoms with Gasteiger partial charge in [-0.3, -0.25) is 4.79 Å². The van der Waals surface area contributed by atoms with Crippen LogP contribution in [-0.2, 0) is 6.61 Å². The first-order valence-corrected chi connectivity index (χ1v) is 9.56. The molecule has 0 spiro atoms. The average molecular weight is 409 g/mol. The summed E-state index contributed by atoms with van der Waals surface area (Å²) in [5, 5.41) is 4.68. The monoisotopic (exact) mass is 408 g/mol. The normalized spacial score (nSPS) is 10.7. The molecule has 6 heteroatoms. The zero-order chi connectivity index (χ0) is 20.5. The van der Waals surface area contributed by atoms with Crippen LogP contribution in [0.4, 0.5) is 0 Å². The van der Waals surface area contributed by atoms with Crippen LogP contribution in [-0.4, -0.2) is 18.7 Å². The van der Waals surface area contributed by atoms with Gasteiger partial charge in [-0.15, -0.1) is 0 Å². The van der Waals surface area contributed by atoms with Gasteiger partial charge in [0, 0.05) is 16.1 Å². The molecule has 0 fully saturated rings. The molecule has 0 atom stereocenters. The van der Waals surface area contributed by atoms with Crippen molar-refractivity contribution in [2.75, 3.05) is 6.61 Å². The molecule has 0 aliphatic heterocycles. The summed E-state index contributed by atoms with van der Waals surface area (Å²) < 4.78 is 11.1. The number of hydrogen-bond acceptors (Lipinski definition) is 4. The van der Waals surface area contributed by atoms with Gasteiger partial charge in [-0.1, -0.05) is 29.8 Å². The van der Waals surface area contributed by atoms with Crippen molar-refractivity contribution < 1.29 is 14.3 Å². The largest absolute Gasteiger partial charge is 0.494 e. The van der Waals surface area contributed by atoms with Crippen molar-refractivity contribution in [2.24, 2.45) is 5.10 Å². The highest BCUT2D eigenvalue weighted by Crippen LogP contribution is 2.18. The second-order valence-corrected chi connectivity index (χ2v) is 6.51. The fourth-order valence-electron chi connectivity index (χ4n) is 2.53. The first kappa shape index (κ1) is 20.4. The second kappa shape index (κ2) is 10.3. The van der Waals surface area contributed by atoms with E-state index in [4.69, 9.17) is 21.1 Å². The van der Waals surface area contributed by atoms with Crippen LogP contribution in [0.25, 0.3) is 0 Å². The molecule has 0 aliphatic carbocycles. The summed E-state index contributed by atoms with van der Waals surface area (Å²) in [5.41, 5.74) is 4.78. The van der Waals surface area contributed by atoms with E-state index in [2.05, 4.69) is 10.5 Å². The molecule has 0 aliphatic rings. The molecule has 0 saturated carbocycles. The molecule has 29 heavy (non-hydrogen) atoms. The number of hydrogen-bond donors (Lipinski definition) is 1. The number of hydrazone groups is 1. The van der Waals surface area contributed by atoms with Gasteiger partial charge in [0.15, 0.2) is 0 Å². The van der Waals surface area contributed by atoms with Crippen LogP contribution in [0.1, 0.15) is 28.4 Å². The Morgan fingerprint density at radius 3 is 2.31 bits per heavy atom. The molecule has 3 aromatic rings. The summed E-state index contributed by atoms with van der Waals surface area (Å²) in [6.45, 7) is 2.89. The Morgan fingerprint density at radius 2 is 1.62 bits per heavy atom. The van der Waals surface area contributed by atoms with Crippen molar-refractivity contribution in [3.8, 4) is 11.5 Å². The number of amides is 1. The highest BCUT2D eigenvalue weighted by Gasteiger charge is 2.04. The van der Waals surface area contributed by atoms with Gasteiger partial charge in [-0.25, -0.2) is 5.43 Å². The van der Waals surface area contributed by atoms with Crippen molar-refractivity contribution in [1.82, 2.24) is 5.43 Å². The number of benzene rings is 3. The standard InChI is InChI=1S/C23H21ClN2O3/c1-2-28-20-13-9-18(10-14-20)23(27)26-25-15-17-7-11-21(12-8-17)29-16-19-5-3-4-6-22(19)24/h3-15H,2,16H2,1H3,(H,26,27)/b25-15-. The minimum atomic E-state index is -0.288. The van der Waals surface area contributed by atoms with Crippen LogP contribution in [0.2, 0.25) is 5.02 Å². The van der Waals surface area contributed by atoms with E-state index in [-0.39, 0.29) is 5.91 Å². The van der Waals surface area contributed by atoms with Crippen LogP contribution < -0.4 is 14.9 Å². The van der Waals surface area contributed by atoms with E-state index in [1.165, 1.54) is 0 Å². The third-order valence-corrected chi connectivity index (χ3v) is 4.41. The maximum absolute atomic E-state index is 12.1. The second-order valence-electron chi connectivity index (χ2n) is 6.11. The summed E-state index contributed by atoms with van der Waals surface area (Å²) in [5.74, 6) is 1.16. The molecule has 3 rings (SSSR count). The van der Waals surface area contributed by atoms with Gasteiger partial charge < -0.3 is 9.47 Å². The fourth-order valence-corrected chi connectivity index (χ4v) is 2.72. The predicted molar refractivity (Wildman–Crippen MR) is 115 cm³/mol. The molecule has 0 aromatic heterocycles. The lowest BCUT2D eigenvalue weighted by Gasteiger charge is -2.07. The van der Waals surface area contributed by atoms with Gasteiger partial charge >= 0.3 is 0 Å². The van der Waals surface area contributed by atoms with E-state index < -0.39 is 0 Å². The molecule has 0 heterocycles.